The molecule has 0 aromatic heterocycles. The van der Waals surface area contributed by atoms with Crippen LogP contribution < -0.4 is 0 Å². The van der Waals surface area contributed by atoms with Gasteiger partial charge in [0.15, 0.2) is 11.9 Å². The van der Waals surface area contributed by atoms with Gasteiger partial charge in [-0.1, -0.05) is 0 Å². The van der Waals surface area contributed by atoms with E-state index in [0.717, 1.165) is 19.1 Å². The zero-order valence-electron chi connectivity index (χ0n) is 9.81. The van der Waals surface area contributed by atoms with Crippen molar-refractivity contribution >= 4 is 11.5 Å². The lowest BCUT2D eigenvalue weighted by atomic mass is 10.1. The highest BCUT2D eigenvalue weighted by atomic mass is 19.4. The first kappa shape index (κ1) is 15.1. The van der Waals surface area contributed by atoms with Gasteiger partial charge in [0.2, 0.25) is 0 Å². The number of nitro benzene ring substituents is 1. The summed E-state index contributed by atoms with van der Waals surface area (Å²) in [6, 6.07) is 4.53. The maximum atomic E-state index is 12.1. The summed E-state index contributed by atoms with van der Waals surface area (Å²) in [5.41, 5.74) is -0.152. The second-order valence-corrected chi connectivity index (χ2v) is 3.72. The number of nitrogens with zero attached hydrogens (tertiary/aromatic N) is 1. The van der Waals surface area contributed by atoms with Crippen molar-refractivity contribution in [2.45, 2.75) is 19.2 Å². The van der Waals surface area contributed by atoms with Crippen LogP contribution in [0.4, 0.5) is 18.9 Å². The highest BCUT2D eigenvalue weighted by Crippen LogP contribution is 2.22. The van der Waals surface area contributed by atoms with Crippen molar-refractivity contribution in [2.24, 2.45) is 0 Å². The summed E-state index contributed by atoms with van der Waals surface area (Å²) in [6.45, 7) is 0.0571. The molecule has 1 rings (SSSR count). The van der Waals surface area contributed by atoms with Crippen LogP contribution in [0.3, 0.4) is 0 Å². The Balaban J connectivity index is 2.61. The molecule has 1 unspecified atom stereocenters. The number of alkyl halides is 3. The summed E-state index contributed by atoms with van der Waals surface area (Å²) in [5, 5.41) is 10.4. The summed E-state index contributed by atoms with van der Waals surface area (Å²) in [6.07, 6.45) is -6.58. The monoisotopic (exact) mass is 277 g/mol. The molecule has 0 saturated carbocycles. The molecule has 1 aromatic carbocycles. The second kappa shape index (κ2) is 5.79. The fourth-order valence-electron chi connectivity index (χ4n) is 1.15. The number of ether oxygens (including phenoxy) is 1. The van der Waals surface area contributed by atoms with E-state index in [0.29, 0.717) is 0 Å². The third-order valence-corrected chi connectivity index (χ3v) is 2.33. The molecule has 1 aromatic rings. The Morgan fingerprint density at radius 3 is 2.32 bits per heavy atom. The average molecular weight is 277 g/mol. The molecule has 5 nitrogen and oxygen atoms in total. The molecule has 0 spiro atoms. The number of carbonyl (C=O) groups excluding carboxylic acids is 1. The normalized spacial score (nSPS) is 13.1. The van der Waals surface area contributed by atoms with Gasteiger partial charge in [-0.2, -0.15) is 13.2 Å². The van der Waals surface area contributed by atoms with Gasteiger partial charge in [-0.15, -0.1) is 0 Å². The van der Waals surface area contributed by atoms with E-state index in [4.69, 9.17) is 0 Å². The molecule has 0 aliphatic rings. The van der Waals surface area contributed by atoms with Crippen LogP contribution in [-0.4, -0.2) is 29.6 Å². The van der Waals surface area contributed by atoms with Gasteiger partial charge in [0.05, 0.1) is 4.92 Å². The molecule has 0 amide bonds. The predicted molar refractivity (Wildman–Crippen MR) is 58.9 cm³/mol. The van der Waals surface area contributed by atoms with Crippen LogP contribution in [-0.2, 0) is 4.74 Å². The first-order valence-corrected chi connectivity index (χ1v) is 5.18. The average Bonchev–Trinajstić information content (AvgIpc) is 2.34. The summed E-state index contributed by atoms with van der Waals surface area (Å²) in [4.78, 5) is 21.2. The van der Waals surface area contributed by atoms with Gasteiger partial charge in [-0.25, -0.2) is 0 Å². The number of benzene rings is 1. The van der Waals surface area contributed by atoms with E-state index < -0.39 is 29.6 Å². The number of non-ortho nitro benzene ring substituents is 1. The highest BCUT2D eigenvalue weighted by Gasteiger charge is 2.37. The van der Waals surface area contributed by atoms with Crippen molar-refractivity contribution in [1.82, 2.24) is 0 Å². The number of nitro groups is 1. The van der Waals surface area contributed by atoms with Gasteiger partial charge in [0.1, 0.15) is 6.61 Å². The molecular formula is C11H10F3NO4. The van der Waals surface area contributed by atoms with Crippen molar-refractivity contribution < 1.29 is 27.6 Å². The molecule has 0 N–H and O–H groups in total. The van der Waals surface area contributed by atoms with Gasteiger partial charge in [-0.3, -0.25) is 14.9 Å². The fourth-order valence-corrected chi connectivity index (χ4v) is 1.15. The third-order valence-electron chi connectivity index (χ3n) is 2.33. The number of hydrogen-bond donors (Lipinski definition) is 0. The van der Waals surface area contributed by atoms with Crippen LogP contribution in [0.5, 0.6) is 0 Å². The quantitative estimate of drug-likeness (QED) is 0.471. The molecule has 19 heavy (non-hydrogen) atoms. The van der Waals surface area contributed by atoms with E-state index in [-0.39, 0.29) is 11.3 Å². The van der Waals surface area contributed by atoms with Crippen molar-refractivity contribution in [3.63, 3.8) is 0 Å². The minimum absolute atomic E-state index is 0.0555. The van der Waals surface area contributed by atoms with E-state index in [1.165, 1.54) is 12.1 Å². The molecule has 8 heteroatoms. The minimum atomic E-state index is -4.53. The largest absolute Gasteiger partial charge is 0.414 e. The first-order valence-electron chi connectivity index (χ1n) is 5.18. The Labute approximate surface area is 106 Å². The Hall–Kier alpha value is -1.96. The Morgan fingerprint density at radius 1 is 1.37 bits per heavy atom. The molecule has 0 aliphatic heterocycles. The lowest BCUT2D eigenvalue weighted by Crippen LogP contribution is -2.30. The fraction of sp³-hybridized carbons (Fsp3) is 0.364. The number of rotatable bonds is 5. The van der Waals surface area contributed by atoms with Gasteiger partial charge in [0.25, 0.3) is 5.69 Å². The Kier molecular flexibility index (Phi) is 4.60. The third kappa shape index (κ3) is 4.32. The molecule has 0 bridgehead atoms. The van der Waals surface area contributed by atoms with Gasteiger partial charge in [0, 0.05) is 17.7 Å². The molecule has 0 aliphatic carbocycles. The zero-order chi connectivity index (χ0) is 14.6. The number of hydrogen-bond acceptors (Lipinski definition) is 4. The molecule has 1 atom stereocenters. The summed E-state index contributed by atoms with van der Waals surface area (Å²) < 4.78 is 40.8. The topological polar surface area (TPSA) is 69.4 Å². The summed E-state index contributed by atoms with van der Waals surface area (Å²) >= 11 is 0. The number of halogens is 3. The van der Waals surface area contributed by atoms with E-state index in [9.17, 15) is 28.1 Å². The predicted octanol–water partition coefficient (Wildman–Crippen LogP) is 2.74. The number of carbonyl (C=O) groups is 1. The van der Waals surface area contributed by atoms with Crippen molar-refractivity contribution in [3.05, 3.63) is 39.9 Å². The van der Waals surface area contributed by atoms with Gasteiger partial charge < -0.3 is 4.74 Å². The van der Waals surface area contributed by atoms with Crippen molar-refractivity contribution in [2.75, 3.05) is 6.61 Å². The lowest BCUT2D eigenvalue weighted by molar-refractivity contribution is -0.384. The SMILES string of the molecule is CC(OCC(=O)c1ccc([N+](=O)[O-])cc1)C(F)(F)F. The van der Waals surface area contributed by atoms with Crippen LogP contribution in [0.15, 0.2) is 24.3 Å². The smallest absolute Gasteiger partial charge is 0.361 e. The molecular weight excluding hydrogens is 267 g/mol. The molecule has 0 heterocycles. The van der Waals surface area contributed by atoms with Crippen LogP contribution in [0, 0.1) is 10.1 Å². The van der Waals surface area contributed by atoms with Crippen LogP contribution in [0.1, 0.15) is 17.3 Å². The first-order chi connectivity index (χ1) is 8.71. The van der Waals surface area contributed by atoms with E-state index in [1.54, 1.807) is 0 Å². The zero-order valence-corrected chi connectivity index (χ0v) is 9.81. The Morgan fingerprint density at radius 2 is 1.89 bits per heavy atom. The van der Waals surface area contributed by atoms with E-state index >= 15 is 0 Å². The number of Topliss-reactive ketones (excluding diaryl/α,β-unsaturated/α-hetero) is 1. The van der Waals surface area contributed by atoms with Crippen molar-refractivity contribution in [3.8, 4) is 0 Å². The van der Waals surface area contributed by atoms with Crippen LogP contribution >= 0.6 is 0 Å². The van der Waals surface area contributed by atoms with Gasteiger partial charge >= 0.3 is 6.18 Å². The maximum absolute atomic E-state index is 12.1. The number of ketones is 1. The van der Waals surface area contributed by atoms with Crippen LogP contribution in [0.25, 0.3) is 0 Å². The summed E-state index contributed by atoms with van der Waals surface area (Å²) in [5.74, 6) is -0.675. The Bertz CT molecular complexity index is 470. The molecule has 104 valence electrons. The molecule has 0 radical (unpaired) electrons. The molecule has 0 saturated heterocycles. The standard InChI is InChI=1S/C11H10F3NO4/c1-7(11(12,13)14)19-6-10(16)8-2-4-9(5-3-8)15(17)18/h2-5,7H,6H2,1H3. The maximum Gasteiger partial charge on any atom is 0.414 e. The molecule has 0 fully saturated rings. The summed E-state index contributed by atoms with van der Waals surface area (Å²) in [7, 11) is 0. The lowest BCUT2D eigenvalue weighted by Gasteiger charge is -2.15. The van der Waals surface area contributed by atoms with E-state index in [1.807, 2.05) is 0 Å². The van der Waals surface area contributed by atoms with E-state index in [2.05, 4.69) is 4.74 Å². The van der Waals surface area contributed by atoms with Crippen LogP contribution in [0.2, 0.25) is 0 Å². The minimum Gasteiger partial charge on any atom is -0.361 e. The highest BCUT2D eigenvalue weighted by molar-refractivity contribution is 5.97. The van der Waals surface area contributed by atoms with Crippen molar-refractivity contribution in [1.29, 1.82) is 0 Å². The second-order valence-electron chi connectivity index (χ2n) is 3.72. The van der Waals surface area contributed by atoms with Gasteiger partial charge in [-0.05, 0) is 19.1 Å².